The van der Waals surface area contributed by atoms with Crippen molar-refractivity contribution in [3.63, 3.8) is 0 Å². The monoisotopic (exact) mass is 385 g/mol. The second-order valence-electron chi connectivity index (χ2n) is 7.15. The van der Waals surface area contributed by atoms with E-state index in [-0.39, 0.29) is 22.0 Å². The van der Waals surface area contributed by atoms with Crippen LogP contribution in [0.25, 0.3) is 0 Å². The third-order valence-corrected chi connectivity index (χ3v) is 6.60. The predicted octanol–water partition coefficient (Wildman–Crippen LogP) is 5.86. The van der Waals surface area contributed by atoms with Gasteiger partial charge in [-0.05, 0) is 22.8 Å². The average Bonchev–Trinajstić information content (AvgIpc) is 2.28. The van der Waals surface area contributed by atoms with Crippen LogP contribution in [0.1, 0.15) is 41.5 Å². The van der Waals surface area contributed by atoms with Crippen molar-refractivity contribution in [2.24, 2.45) is 0 Å². The van der Waals surface area contributed by atoms with Crippen LogP contribution in [0.3, 0.4) is 0 Å². The normalized spacial score (nSPS) is 12.2. The van der Waals surface area contributed by atoms with Crippen LogP contribution in [-0.4, -0.2) is 11.3 Å². The Labute approximate surface area is 135 Å². The molecule has 1 aromatic rings. The van der Waals surface area contributed by atoms with E-state index in [0.717, 1.165) is 0 Å². The fourth-order valence-corrected chi connectivity index (χ4v) is 3.07. The average molecular weight is 387 g/mol. The summed E-state index contributed by atoms with van der Waals surface area (Å²) in [6.45, 7) is 13.5. The third-order valence-electron chi connectivity index (χ3n) is 2.97. The molecule has 104 valence electrons. The Morgan fingerprint density at radius 3 is 1.47 bits per heavy atom. The number of para-hydroxylation sites is 1. The molecule has 0 atom stereocenters. The first-order valence-electron chi connectivity index (χ1n) is 6.66. The van der Waals surface area contributed by atoms with E-state index < -0.39 is 0 Å². The highest BCUT2D eigenvalue weighted by molar-refractivity contribution is 9.26. The molecule has 1 aromatic carbocycles. The lowest BCUT2D eigenvalue weighted by Gasteiger charge is -2.42. The van der Waals surface area contributed by atoms with Gasteiger partial charge in [0.15, 0.2) is 0 Å². The van der Waals surface area contributed by atoms with Gasteiger partial charge in [-0.15, -0.1) is 31.5 Å². The van der Waals surface area contributed by atoms with Gasteiger partial charge in [0.2, 0.25) is 0 Å². The van der Waals surface area contributed by atoms with Gasteiger partial charge in [0.05, 0.1) is 0 Å². The molecular weight excluding hydrogens is 364 g/mol. The van der Waals surface area contributed by atoms with Crippen LogP contribution in [0, 0.1) is 0 Å². The van der Waals surface area contributed by atoms with Crippen LogP contribution < -0.4 is 4.72 Å². The molecule has 0 saturated heterocycles. The zero-order valence-electron chi connectivity index (χ0n) is 12.7. The van der Waals surface area contributed by atoms with E-state index in [2.05, 4.69) is 108 Å². The fourth-order valence-electron chi connectivity index (χ4n) is 1.81. The summed E-state index contributed by atoms with van der Waals surface area (Å²) >= 11 is 7.78. The van der Waals surface area contributed by atoms with E-state index in [0.29, 0.717) is 0 Å². The van der Waals surface area contributed by atoms with Crippen molar-refractivity contribution < 1.29 is 0 Å². The minimum absolute atomic E-state index is 0.146. The lowest BCUT2D eigenvalue weighted by molar-refractivity contribution is 0.733. The highest BCUT2D eigenvalue weighted by Crippen LogP contribution is 2.42. The molecule has 19 heavy (non-hydrogen) atoms. The Hall–Kier alpha value is 0.110. The van der Waals surface area contributed by atoms with Gasteiger partial charge >= 0.3 is 11.3 Å². The van der Waals surface area contributed by atoms with Gasteiger partial charge in [-0.25, -0.2) is 0 Å². The number of benzene rings is 1. The second kappa shape index (κ2) is 6.26. The van der Waals surface area contributed by atoms with Crippen LogP contribution in [0.2, 0.25) is 10.6 Å². The van der Waals surface area contributed by atoms with Crippen LogP contribution in [-0.2, 0) is 0 Å². The van der Waals surface area contributed by atoms with Crippen molar-refractivity contribution in [2.45, 2.75) is 52.2 Å². The molecular formula is C14H23B2Br2N. The maximum atomic E-state index is 3.89. The van der Waals surface area contributed by atoms with Crippen LogP contribution in [0.5, 0.6) is 0 Å². The number of hydrogen-bond acceptors (Lipinski definition) is 1. The Kier molecular flexibility index (Phi) is 5.65. The van der Waals surface area contributed by atoms with Crippen LogP contribution in [0.4, 0.5) is 5.69 Å². The van der Waals surface area contributed by atoms with Crippen LogP contribution >= 0.6 is 31.5 Å². The summed E-state index contributed by atoms with van der Waals surface area (Å²) in [5.74, 6) is 0. The zero-order chi connectivity index (χ0) is 14.8. The number of halogens is 2. The fraction of sp³-hybridized carbons (Fsp3) is 0.571. The standard InChI is InChI=1S/C14H23B2Br2N/c1-13(2,3)15(17)19(16(18)14(4,5)6)12-10-8-7-9-11-12/h7-11H,1-6H3. The second-order valence-corrected chi connectivity index (χ2v) is 8.88. The Balaban J connectivity index is 3.20. The highest BCUT2D eigenvalue weighted by atomic mass is 79.9. The number of anilines is 1. The van der Waals surface area contributed by atoms with Gasteiger partial charge in [0.1, 0.15) is 0 Å². The van der Waals surface area contributed by atoms with Crippen molar-refractivity contribution in [2.75, 3.05) is 4.72 Å². The molecule has 0 aromatic heterocycles. The lowest BCUT2D eigenvalue weighted by atomic mass is 9.52. The van der Waals surface area contributed by atoms with Gasteiger partial charge in [0, 0.05) is 5.69 Å². The molecule has 0 aliphatic heterocycles. The van der Waals surface area contributed by atoms with E-state index >= 15 is 0 Å². The molecule has 1 rings (SSSR count). The first-order chi connectivity index (χ1) is 8.55. The first kappa shape index (κ1) is 17.2. The number of rotatable bonds is 3. The summed E-state index contributed by atoms with van der Waals surface area (Å²) in [7, 11) is 0. The van der Waals surface area contributed by atoms with E-state index in [1.54, 1.807) is 0 Å². The van der Waals surface area contributed by atoms with Crippen molar-refractivity contribution in [3.05, 3.63) is 30.3 Å². The molecule has 0 unspecified atom stereocenters. The number of nitrogens with zero attached hydrogens (tertiary/aromatic N) is 1. The zero-order valence-corrected chi connectivity index (χ0v) is 15.9. The van der Waals surface area contributed by atoms with E-state index in [1.807, 2.05) is 0 Å². The van der Waals surface area contributed by atoms with E-state index in [4.69, 9.17) is 0 Å². The minimum atomic E-state index is 0.146. The third kappa shape index (κ3) is 4.56. The molecule has 0 N–H and O–H groups in total. The van der Waals surface area contributed by atoms with Gasteiger partial charge < -0.3 is 4.72 Å². The Bertz CT molecular complexity index is 378. The molecule has 0 fully saturated rings. The van der Waals surface area contributed by atoms with E-state index in [9.17, 15) is 0 Å². The quantitative estimate of drug-likeness (QED) is 0.588. The van der Waals surface area contributed by atoms with Gasteiger partial charge in [-0.1, -0.05) is 59.7 Å². The SMILES string of the molecule is CC(C)(C)B(Br)N(B(Br)C(C)(C)C)c1ccccc1. The molecule has 0 aliphatic carbocycles. The molecule has 0 heterocycles. The smallest absolute Gasteiger partial charge is 0.326 e. The summed E-state index contributed by atoms with van der Waals surface area (Å²) in [5.41, 5.74) is 1.74. The number of hydrogen-bond donors (Lipinski definition) is 0. The largest absolute Gasteiger partial charge is 0.441 e. The summed E-state index contributed by atoms with van der Waals surface area (Å²) in [4.78, 5) is 0. The van der Waals surface area contributed by atoms with Gasteiger partial charge in [0.25, 0.3) is 0 Å². The maximum absolute atomic E-state index is 3.89. The van der Waals surface area contributed by atoms with Crippen molar-refractivity contribution in [1.82, 2.24) is 0 Å². The molecule has 0 amide bonds. The summed E-state index contributed by atoms with van der Waals surface area (Å²) < 4.78 is 2.42. The summed E-state index contributed by atoms with van der Waals surface area (Å²) in [5, 5.41) is 0.292. The summed E-state index contributed by atoms with van der Waals surface area (Å²) in [6, 6.07) is 10.6. The molecule has 0 saturated carbocycles. The highest BCUT2D eigenvalue weighted by Gasteiger charge is 2.42. The van der Waals surface area contributed by atoms with Crippen molar-refractivity contribution >= 4 is 48.5 Å². The maximum Gasteiger partial charge on any atom is 0.326 e. The lowest BCUT2D eigenvalue weighted by Crippen LogP contribution is -2.51. The molecule has 5 heteroatoms. The van der Waals surface area contributed by atoms with Gasteiger partial charge in [-0.3, -0.25) is 0 Å². The minimum Gasteiger partial charge on any atom is -0.441 e. The molecule has 0 aliphatic rings. The first-order valence-corrected chi connectivity index (χ1v) is 8.50. The molecule has 0 bridgehead atoms. The van der Waals surface area contributed by atoms with Crippen molar-refractivity contribution in [1.29, 1.82) is 0 Å². The van der Waals surface area contributed by atoms with Crippen molar-refractivity contribution in [3.8, 4) is 0 Å². The predicted molar refractivity (Wildman–Crippen MR) is 97.7 cm³/mol. The summed E-state index contributed by atoms with van der Waals surface area (Å²) in [6.07, 6.45) is 0. The molecule has 1 nitrogen and oxygen atoms in total. The van der Waals surface area contributed by atoms with E-state index in [1.165, 1.54) is 5.69 Å². The Morgan fingerprint density at radius 2 is 1.16 bits per heavy atom. The Morgan fingerprint density at radius 1 is 0.789 bits per heavy atom. The van der Waals surface area contributed by atoms with Crippen LogP contribution in [0.15, 0.2) is 30.3 Å². The topological polar surface area (TPSA) is 3.24 Å². The molecule has 0 radical (unpaired) electrons. The van der Waals surface area contributed by atoms with Gasteiger partial charge in [-0.2, -0.15) is 0 Å². The molecule has 0 spiro atoms.